The van der Waals surface area contributed by atoms with Crippen molar-refractivity contribution < 1.29 is 16.1 Å². The predicted octanol–water partition coefficient (Wildman–Crippen LogP) is 2.55. The zero-order chi connectivity index (χ0) is 14.2. The predicted molar refractivity (Wildman–Crippen MR) is 72.7 cm³/mol. The second kappa shape index (κ2) is 8.61. The molecule has 0 aromatic carbocycles. The van der Waals surface area contributed by atoms with E-state index in [1.807, 2.05) is 41.5 Å². The van der Waals surface area contributed by atoms with Gasteiger partial charge in [-0.1, -0.05) is 27.7 Å². The maximum atomic E-state index is 11.3. The quantitative estimate of drug-likeness (QED) is 0.710. The van der Waals surface area contributed by atoms with Gasteiger partial charge in [0.25, 0.3) is 0 Å². The Labute approximate surface area is 107 Å². The van der Waals surface area contributed by atoms with Gasteiger partial charge in [0.05, 0.1) is 12.1 Å². The van der Waals surface area contributed by atoms with Crippen molar-refractivity contribution in [3.8, 4) is 0 Å². The number of carbonyl (C=O) groups is 1. The zero-order valence-electron chi connectivity index (χ0n) is 12.5. The largest absolute Gasteiger partial charge is 0.353 e. The van der Waals surface area contributed by atoms with Crippen LogP contribution in [0.5, 0.6) is 0 Å². The summed E-state index contributed by atoms with van der Waals surface area (Å²) < 4.78 is 5.26. The molecule has 0 aliphatic rings. The van der Waals surface area contributed by atoms with Crippen molar-refractivity contribution in [3.63, 3.8) is 0 Å². The lowest BCUT2D eigenvalue weighted by atomic mass is 10.0. The van der Waals surface area contributed by atoms with Gasteiger partial charge in [0.1, 0.15) is 5.78 Å². The first-order valence-corrected chi connectivity index (χ1v) is 6.34. The molecule has 0 saturated heterocycles. The molecule has 0 bridgehead atoms. The van der Waals surface area contributed by atoms with Crippen LogP contribution in [0.25, 0.3) is 0 Å². The smallest absolute Gasteiger partial charge is 0.222 e. The summed E-state index contributed by atoms with van der Waals surface area (Å²) in [6.45, 7) is 14.5. The molecule has 0 aliphatic heterocycles. The Morgan fingerprint density at radius 2 is 1.71 bits per heavy atom. The van der Waals surface area contributed by atoms with Crippen molar-refractivity contribution in [3.05, 3.63) is 0 Å². The summed E-state index contributed by atoms with van der Waals surface area (Å²) in [5.41, 5.74) is 0. The Balaban J connectivity index is -0.000000709. The molecule has 0 aliphatic carbocycles. The number of aliphatic hydroxyl groups is 1. The average molecular weight is 249 g/mol. The topological polar surface area (TPSA) is 58.6 Å². The average Bonchev–Trinajstić information content (AvgIpc) is 2.14. The van der Waals surface area contributed by atoms with E-state index in [4.69, 9.17) is 4.74 Å². The Morgan fingerprint density at radius 3 is 1.94 bits per heavy atom. The minimum atomic E-state index is -1.46. The van der Waals surface area contributed by atoms with Crippen LogP contribution in [0.3, 0.4) is 0 Å². The SMILES string of the molecule is CC.CC(=O)C(NC(C)(O)OC(C)C)C(C)C.[HH]. The van der Waals surface area contributed by atoms with Gasteiger partial charge in [-0.05, 0) is 26.7 Å². The van der Waals surface area contributed by atoms with Gasteiger partial charge in [-0.15, -0.1) is 0 Å². The third-order valence-electron chi connectivity index (χ3n) is 1.99. The van der Waals surface area contributed by atoms with Gasteiger partial charge < -0.3 is 9.84 Å². The first kappa shape index (κ1) is 18.9. The Hall–Kier alpha value is -0.450. The summed E-state index contributed by atoms with van der Waals surface area (Å²) in [5, 5.41) is 12.7. The number of ether oxygens (including phenoxy) is 1. The first-order chi connectivity index (χ1) is 7.65. The van der Waals surface area contributed by atoms with Gasteiger partial charge in [-0.2, -0.15) is 0 Å². The molecule has 0 saturated carbocycles. The van der Waals surface area contributed by atoms with Crippen LogP contribution in [0.1, 0.15) is 56.8 Å². The summed E-state index contributed by atoms with van der Waals surface area (Å²) in [6.07, 6.45) is -0.104. The van der Waals surface area contributed by atoms with Crippen molar-refractivity contribution in [2.24, 2.45) is 5.92 Å². The molecule has 4 heteroatoms. The van der Waals surface area contributed by atoms with Gasteiger partial charge >= 0.3 is 0 Å². The first-order valence-electron chi connectivity index (χ1n) is 6.34. The molecule has 0 aromatic rings. The highest BCUT2D eigenvalue weighted by molar-refractivity contribution is 5.81. The monoisotopic (exact) mass is 249 g/mol. The lowest BCUT2D eigenvalue weighted by Gasteiger charge is -2.32. The second-order valence-electron chi connectivity index (χ2n) is 4.63. The zero-order valence-corrected chi connectivity index (χ0v) is 12.5. The molecule has 0 amide bonds. The molecular formula is C13H31NO3. The van der Waals surface area contributed by atoms with E-state index in [1.54, 1.807) is 0 Å². The fourth-order valence-corrected chi connectivity index (χ4v) is 1.52. The highest BCUT2D eigenvalue weighted by Gasteiger charge is 2.30. The molecule has 17 heavy (non-hydrogen) atoms. The van der Waals surface area contributed by atoms with Gasteiger partial charge in [0, 0.05) is 8.35 Å². The van der Waals surface area contributed by atoms with Gasteiger partial charge in [-0.25, -0.2) is 0 Å². The lowest BCUT2D eigenvalue weighted by Crippen LogP contribution is -2.55. The Morgan fingerprint density at radius 1 is 1.29 bits per heavy atom. The lowest BCUT2D eigenvalue weighted by molar-refractivity contribution is -0.236. The van der Waals surface area contributed by atoms with Crippen molar-refractivity contribution in [1.82, 2.24) is 5.32 Å². The van der Waals surface area contributed by atoms with Crippen LogP contribution in [0.2, 0.25) is 0 Å². The van der Waals surface area contributed by atoms with E-state index in [-0.39, 0.29) is 19.2 Å². The number of carbonyl (C=O) groups excluding carboxylic acids is 1. The summed E-state index contributed by atoms with van der Waals surface area (Å²) in [4.78, 5) is 11.3. The van der Waals surface area contributed by atoms with Crippen molar-refractivity contribution >= 4 is 5.78 Å². The number of nitrogens with one attached hydrogen (secondary N) is 1. The fraction of sp³-hybridized carbons (Fsp3) is 0.923. The maximum absolute atomic E-state index is 11.3. The molecule has 0 heterocycles. The number of hydrogen-bond donors (Lipinski definition) is 2. The van der Waals surface area contributed by atoms with Crippen LogP contribution >= 0.6 is 0 Å². The fourth-order valence-electron chi connectivity index (χ4n) is 1.52. The molecule has 0 rings (SSSR count). The van der Waals surface area contributed by atoms with E-state index in [0.29, 0.717) is 0 Å². The minimum absolute atomic E-state index is 0. The van der Waals surface area contributed by atoms with Crippen LogP contribution in [0.15, 0.2) is 0 Å². The highest BCUT2D eigenvalue weighted by Crippen LogP contribution is 2.11. The summed E-state index contributed by atoms with van der Waals surface area (Å²) in [6, 6.07) is -0.390. The normalized spacial score (nSPS) is 16.2. The van der Waals surface area contributed by atoms with E-state index in [1.165, 1.54) is 13.8 Å². The molecule has 0 fully saturated rings. The molecule has 2 N–H and O–H groups in total. The third-order valence-corrected chi connectivity index (χ3v) is 1.99. The van der Waals surface area contributed by atoms with Crippen LogP contribution in [0.4, 0.5) is 0 Å². The molecule has 2 unspecified atom stereocenters. The molecule has 106 valence electrons. The van der Waals surface area contributed by atoms with Crippen molar-refractivity contribution in [1.29, 1.82) is 0 Å². The van der Waals surface area contributed by atoms with Gasteiger partial charge in [0.2, 0.25) is 5.91 Å². The third kappa shape index (κ3) is 9.27. The van der Waals surface area contributed by atoms with Crippen LogP contribution < -0.4 is 5.32 Å². The van der Waals surface area contributed by atoms with E-state index >= 15 is 0 Å². The maximum Gasteiger partial charge on any atom is 0.222 e. The molecule has 2 atom stereocenters. The molecule has 0 spiro atoms. The molecular weight excluding hydrogens is 218 g/mol. The number of Topliss-reactive ketones (excluding diaryl/α,β-unsaturated/α-hetero) is 1. The van der Waals surface area contributed by atoms with E-state index in [9.17, 15) is 9.90 Å². The van der Waals surface area contributed by atoms with Crippen molar-refractivity contribution in [2.75, 3.05) is 0 Å². The summed E-state index contributed by atoms with van der Waals surface area (Å²) in [5.74, 6) is -1.35. The van der Waals surface area contributed by atoms with Crippen LogP contribution in [-0.2, 0) is 9.53 Å². The summed E-state index contributed by atoms with van der Waals surface area (Å²) >= 11 is 0. The second-order valence-corrected chi connectivity index (χ2v) is 4.63. The molecule has 0 radical (unpaired) electrons. The van der Waals surface area contributed by atoms with Gasteiger partial charge in [-0.3, -0.25) is 10.1 Å². The Kier molecular flexibility index (Phi) is 9.58. The number of ketones is 1. The van der Waals surface area contributed by atoms with Gasteiger partial charge in [0.15, 0.2) is 0 Å². The summed E-state index contributed by atoms with van der Waals surface area (Å²) in [7, 11) is 0. The molecule has 4 nitrogen and oxygen atoms in total. The standard InChI is InChI=1S/C11H23NO3.C2H6.H2/c1-7(2)10(9(5)13)12-11(6,14)15-8(3)4;1-2;/h7-8,10,12,14H,1-6H3;1-2H3;1H. The Bertz CT molecular complexity index is 218. The van der Waals surface area contributed by atoms with E-state index in [0.717, 1.165) is 0 Å². The number of rotatable bonds is 6. The molecule has 0 aromatic heterocycles. The van der Waals surface area contributed by atoms with E-state index < -0.39 is 12.0 Å². The highest BCUT2D eigenvalue weighted by atomic mass is 16.6. The van der Waals surface area contributed by atoms with Crippen molar-refractivity contribution in [2.45, 2.75) is 73.4 Å². The van der Waals surface area contributed by atoms with Crippen LogP contribution in [0, 0.1) is 5.92 Å². The van der Waals surface area contributed by atoms with Crippen LogP contribution in [-0.4, -0.2) is 28.9 Å². The van der Waals surface area contributed by atoms with E-state index in [2.05, 4.69) is 5.32 Å². The number of hydrogen-bond acceptors (Lipinski definition) is 4. The minimum Gasteiger partial charge on any atom is -0.353 e.